The van der Waals surface area contributed by atoms with Gasteiger partial charge in [0.1, 0.15) is 0 Å². The first-order valence-corrected chi connectivity index (χ1v) is 14.6. The van der Waals surface area contributed by atoms with E-state index in [0.29, 0.717) is 12.6 Å². The second-order valence-corrected chi connectivity index (χ2v) is 15.9. The zero-order chi connectivity index (χ0) is 24.7. The summed E-state index contributed by atoms with van der Waals surface area (Å²) < 4.78 is 8.38. The Labute approximate surface area is 203 Å². The van der Waals surface area contributed by atoms with Crippen LogP contribution in [0, 0.1) is 11.3 Å². The highest BCUT2D eigenvalue weighted by atomic mass is 28.4. The van der Waals surface area contributed by atoms with E-state index in [0.717, 1.165) is 40.9 Å². The Balaban J connectivity index is 1.67. The highest BCUT2D eigenvalue weighted by Gasteiger charge is 2.42. The summed E-state index contributed by atoms with van der Waals surface area (Å²) in [6.07, 6.45) is 7.21. The number of aryl methyl sites for hydroxylation is 1. The molecule has 34 heavy (non-hydrogen) atoms. The summed E-state index contributed by atoms with van der Waals surface area (Å²) in [7, 11) is -0.0204. The predicted molar refractivity (Wildman–Crippen MR) is 137 cm³/mol. The van der Waals surface area contributed by atoms with Crippen molar-refractivity contribution in [3.63, 3.8) is 0 Å². The van der Waals surface area contributed by atoms with Crippen molar-refractivity contribution in [2.45, 2.75) is 64.1 Å². The van der Waals surface area contributed by atoms with Crippen LogP contribution in [0.15, 0.2) is 36.8 Å². The van der Waals surface area contributed by atoms with Gasteiger partial charge in [0.05, 0.1) is 29.2 Å². The molecule has 2 aromatic heterocycles. The molecule has 0 spiro atoms. The summed E-state index contributed by atoms with van der Waals surface area (Å²) in [6.45, 7) is 14.3. The molecule has 0 bridgehead atoms. The van der Waals surface area contributed by atoms with Crippen LogP contribution < -0.4 is 5.32 Å². The van der Waals surface area contributed by atoms with Crippen LogP contribution in [0.25, 0.3) is 11.3 Å². The molecule has 0 radical (unpaired) electrons. The zero-order valence-electron chi connectivity index (χ0n) is 21.2. The molecule has 2 heterocycles. The Hall–Kier alpha value is -3.02. The van der Waals surface area contributed by atoms with Gasteiger partial charge in [-0.15, -0.1) is 0 Å². The van der Waals surface area contributed by atoms with Crippen LogP contribution in [-0.4, -0.2) is 34.7 Å². The quantitative estimate of drug-likeness (QED) is 0.460. The van der Waals surface area contributed by atoms with Crippen molar-refractivity contribution in [2.75, 3.05) is 11.9 Å². The average Bonchev–Trinajstić information content (AvgIpc) is 3.34. The van der Waals surface area contributed by atoms with Crippen molar-refractivity contribution >= 4 is 20.0 Å². The fourth-order valence-corrected chi connectivity index (χ4v) is 5.28. The topological polar surface area (TPSA) is 88.7 Å². The number of aromatic nitrogens is 4. The number of benzene rings is 1. The fraction of sp³-hybridized carbons (Fsp3) is 0.462. The monoisotopic (exact) mass is 474 g/mol. The standard InChI is InChI=1S/C26H34N6OSi/c1-25(2,3)34(6,7)33-17-26(4)10-8-21-19(14-27)12-18(13-22(21)26)23-9-11-28-24(31-23)30-20-15-29-32(5)16-20/h9,11-13,15-16H,8,10,17H2,1-7H3,(H,28,30,31). The van der Waals surface area contributed by atoms with Gasteiger partial charge in [-0.1, -0.05) is 27.7 Å². The number of nitriles is 1. The molecule has 7 nitrogen and oxygen atoms in total. The third kappa shape index (κ3) is 4.63. The number of hydrogen-bond acceptors (Lipinski definition) is 6. The van der Waals surface area contributed by atoms with Crippen LogP contribution in [0.5, 0.6) is 0 Å². The third-order valence-corrected chi connectivity index (χ3v) is 11.9. The van der Waals surface area contributed by atoms with Crippen LogP contribution in [0.1, 0.15) is 50.8 Å². The van der Waals surface area contributed by atoms with E-state index in [1.165, 1.54) is 5.56 Å². The van der Waals surface area contributed by atoms with Crippen LogP contribution in [-0.2, 0) is 23.3 Å². The van der Waals surface area contributed by atoms with E-state index in [1.54, 1.807) is 17.1 Å². The first-order chi connectivity index (χ1) is 15.9. The van der Waals surface area contributed by atoms with Gasteiger partial charge in [-0.05, 0) is 60.3 Å². The Morgan fingerprint density at radius 3 is 2.71 bits per heavy atom. The van der Waals surface area contributed by atoms with E-state index >= 15 is 0 Å². The zero-order valence-corrected chi connectivity index (χ0v) is 22.2. The van der Waals surface area contributed by atoms with Gasteiger partial charge in [-0.25, -0.2) is 9.97 Å². The van der Waals surface area contributed by atoms with Gasteiger partial charge >= 0.3 is 0 Å². The molecular weight excluding hydrogens is 440 g/mol. The molecule has 0 amide bonds. The fourth-order valence-electron chi connectivity index (χ4n) is 4.16. The first kappa shape index (κ1) is 24.1. The third-order valence-electron chi connectivity index (χ3n) is 7.42. The molecule has 0 fully saturated rings. The van der Waals surface area contributed by atoms with Gasteiger partial charge in [0.2, 0.25) is 5.95 Å². The highest BCUT2D eigenvalue weighted by Crippen LogP contribution is 2.44. The molecule has 1 aromatic carbocycles. The number of anilines is 2. The largest absolute Gasteiger partial charge is 0.416 e. The molecule has 0 saturated carbocycles. The number of hydrogen-bond donors (Lipinski definition) is 1. The maximum Gasteiger partial charge on any atom is 0.227 e. The number of nitrogens with one attached hydrogen (secondary N) is 1. The molecular formula is C26H34N6OSi. The Kier molecular flexibility index (Phi) is 6.13. The second-order valence-electron chi connectivity index (χ2n) is 11.1. The van der Waals surface area contributed by atoms with Crippen molar-refractivity contribution < 1.29 is 4.43 Å². The lowest BCUT2D eigenvalue weighted by molar-refractivity contribution is 0.208. The molecule has 1 atom stereocenters. The lowest BCUT2D eigenvalue weighted by Crippen LogP contribution is -2.44. The smallest absolute Gasteiger partial charge is 0.227 e. The van der Waals surface area contributed by atoms with E-state index in [2.05, 4.69) is 68.3 Å². The van der Waals surface area contributed by atoms with Crippen molar-refractivity contribution in [1.82, 2.24) is 19.7 Å². The van der Waals surface area contributed by atoms with Gasteiger partial charge in [0, 0.05) is 37.0 Å². The Bertz CT molecular complexity index is 1250. The van der Waals surface area contributed by atoms with E-state index in [9.17, 15) is 5.26 Å². The van der Waals surface area contributed by atoms with Gasteiger partial charge in [-0.2, -0.15) is 10.4 Å². The molecule has 1 N–H and O–H groups in total. The van der Waals surface area contributed by atoms with Crippen LogP contribution in [0.3, 0.4) is 0 Å². The lowest BCUT2D eigenvalue weighted by Gasteiger charge is -2.39. The van der Waals surface area contributed by atoms with Crippen molar-refractivity contribution in [3.05, 3.63) is 53.5 Å². The van der Waals surface area contributed by atoms with E-state index in [-0.39, 0.29) is 10.5 Å². The van der Waals surface area contributed by atoms with Crippen molar-refractivity contribution in [1.29, 1.82) is 5.26 Å². The molecule has 3 aromatic rings. The molecule has 1 aliphatic rings. The Morgan fingerprint density at radius 1 is 1.29 bits per heavy atom. The molecule has 8 heteroatoms. The van der Waals surface area contributed by atoms with Crippen molar-refractivity contribution in [2.24, 2.45) is 7.05 Å². The minimum Gasteiger partial charge on any atom is -0.416 e. The summed E-state index contributed by atoms with van der Waals surface area (Å²) in [5.74, 6) is 0.494. The highest BCUT2D eigenvalue weighted by molar-refractivity contribution is 6.74. The van der Waals surface area contributed by atoms with Gasteiger partial charge in [0.25, 0.3) is 0 Å². The summed E-state index contributed by atoms with van der Waals surface area (Å²) in [4.78, 5) is 9.07. The average molecular weight is 475 g/mol. The number of rotatable bonds is 6. The summed E-state index contributed by atoms with van der Waals surface area (Å²) in [6, 6.07) is 8.47. The van der Waals surface area contributed by atoms with E-state index in [1.807, 2.05) is 25.4 Å². The first-order valence-electron chi connectivity index (χ1n) is 11.7. The van der Waals surface area contributed by atoms with Gasteiger partial charge < -0.3 is 9.74 Å². The van der Waals surface area contributed by atoms with Gasteiger partial charge in [0.15, 0.2) is 8.32 Å². The van der Waals surface area contributed by atoms with Crippen LogP contribution >= 0.6 is 0 Å². The predicted octanol–water partition coefficient (Wildman–Crippen LogP) is 5.72. The molecule has 1 unspecified atom stereocenters. The molecule has 1 aliphatic carbocycles. The summed E-state index contributed by atoms with van der Waals surface area (Å²) in [5, 5.41) is 17.5. The van der Waals surface area contributed by atoms with Gasteiger partial charge in [-0.3, -0.25) is 4.68 Å². The summed E-state index contributed by atoms with van der Waals surface area (Å²) in [5.41, 5.74) is 5.48. The Morgan fingerprint density at radius 2 is 2.06 bits per heavy atom. The maximum absolute atomic E-state index is 9.93. The van der Waals surface area contributed by atoms with Crippen LogP contribution in [0.4, 0.5) is 11.6 Å². The maximum atomic E-state index is 9.93. The minimum atomic E-state index is -1.88. The molecule has 0 aliphatic heterocycles. The molecule has 178 valence electrons. The second kappa shape index (κ2) is 8.64. The van der Waals surface area contributed by atoms with E-state index in [4.69, 9.17) is 9.41 Å². The van der Waals surface area contributed by atoms with E-state index < -0.39 is 8.32 Å². The number of nitrogens with zero attached hydrogens (tertiary/aromatic N) is 5. The summed E-state index contributed by atoms with van der Waals surface area (Å²) >= 11 is 0. The molecule has 0 saturated heterocycles. The van der Waals surface area contributed by atoms with Crippen LogP contribution in [0.2, 0.25) is 18.1 Å². The minimum absolute atomic E-state index is 0.129. The van der Waals surface area contributed by atoms with Crippen molar-refractivity contribution in [3.8, 4) is 17.3 Å². The SMILES string of the molecule is Cn1cc(Nc2nccc(-c3cc(C#N)c4c(c3)C(C)(CO[Si](C)(C)C(C)(C)C)CC4)n2)cn1. The lowest BCUT2D eigenvalue weighted by atomic mass is 9.83. The number of fused-ring (bicyclic) bond motifs is 1. The normalized spacial score (nSPS) is 17.9. The molecule has 4 rings (SSSR count).